The van der Waals surface area contributed by atoms with E-state index in [-0.39, 0.29) is 0 Å². The topological polar surface area (TPSA) is 8.17 Å². The first-order chi connectivity index (χ1) is 12.6. The Labute approximate surface area is 157 Å². The lowest BCUT2D eigenvalue weighted by molar-refractivity contribution is -0.183. The van der Waals surface area contributed by atoms with Crippen LogP contribution in [0.1, 0.15) is 64.0 Å². The van der Waals surface area contributed by atoms with Crippen molar-refractivity contribution < 1.29 is 0 Å². The molecule has 4 bridgehead atoms. The van der Waals surface area contributed by atoms with Gasteiger partial charge in [-0.3, -0.25) is 4.90 Å². The molecular weight excluding hydrogens is 316 g/mol. The average molecular weight is 349 g/mol. The molecule has 4 unspecified atom stereocenters. The van der Waals surface area contributed by atoms with Crippen molar-refractivity contribution >= 4 is 10.9 Å². The van der Waals surface area contributed by atoms with E-state index in [0.29, 0.717) is 17.0 Å². The van der Waals surface area contributed by atoms with E-state index in [1.54, 1.807) is 5.69 Å². The molecule has 2 aromatic rings. The van der Waals surface area contributed by atoms with Gasteiger partial charge in [-0.25, -0.2) is 0 Å². The minimum atomic E-state index is 0.377. The summed E-state index contributed by atoms with van der Waals surface area (Å²) in [5.74, 6) is 1.86. The molecule has 3 saturated heterocycles. The largest absolute Gasteiger partial charge is 0.347 e. The van der Waals surface area contributed by atoms with Crippen molar-refractivity contribution in [3.63, 3.8) is 0 Å². The summed E-state index contributed by atoms with van der Waals surface area (Å²) < 4.78 is 2.54. The molecule has 5 fully saturated rings. The molecule has 26 heavy (non-hydrogen) atoms. The SMILES string of the molecule is C[C@H]1N2CC3CC(CC1(c1cc4ccccc4n1C)C3)C21CCCCC1. The molecule has 1 aromatic carbocycles. The molecule has 2 nitrogen and oxygen atoms in total. The summed E-state index contributed by atoms with van der Waals surface area (Å²) in [6.45, 7) is 3.95. The number of piperidine rings is 3. The zero-order valence-corrected chi connectivity index (χ0v) is 16.4. The van der Waals surface area contributed by atoms with Gasteiger partial charge < -0.3 is 4.57 Å². The van der Waals surface area contributed by atoms with E-state index < -0.39 is 0 Å². The Hall–Kier alpha value is -1.28. The van der Waals surface area contributed by atoms with Crippen molar-refractivity contribution in [2.75, 3.05) is 6.54 Å². The molecule has 0 amide bonds. The van der Waals surface area contributed by atoms with Crippen LogP contribution in [-0.2, 0) is 12.5 Å². The number of benzene rings is 1. The third-order valence-corrected chi connectivity index (χ3v) is 9.12. The van der Waals surface area contributed by atoms with E-state index in [9.17, 15) is 0 Å². The lowest BCUT2D eigenvalue weighted by atomic mass is 9.48. The van der Waals surface area contributed by atoms with Crippen molar-refractivity contribution in [2.24, 2.45) is 18.9 Å². The summed E-state index contributed by atoms with van der Waals surface area (Å²) in [6, 6.07) is 12.2. The highest BCUT2D eigenvalue weighted by atomic mass is 15.3. The second-order valence-electron chi connectivity index (χ2n) is 10.0. The number of nitrogens with zero attached hydrogens (tertiary/aromatic N) is 2. The van der Waals surface area contributed by atoms with Crippen LogP contribution in [0.2, 0.25) is 0 Å². The van der Waals surface area contributed by atoms with Gasteiger partial charge in [-0.05, 0) is 68.4 Å². The molecule has 3 aliphatic heterocycles. The molecule has 2 heteroatoms. The molecule has 5 atom stereocenters. The lowest BCUT2D eigenvalue weighted by Gasteiger charge is -2.71. The van der Waals surface area contributed by atoms with Gasteiger partial charge in [-0.1, -0.05) is 37.5 Å². The Bertz CT molecular complexity index is 858. The zero-order chi connectivity index (χ0) is 17.5. The predicted octanol–water partition coefficient (Wildman–Crippen LogP) is 5.25. The zero-order valence-electron chi connectivity index (χ0n) is 16.4. The molecule has 138 valence electrons. The maximum Gasteiger partial charge on any atom is 0.0480 e. The Balaban J connectivity index is 1.50. The molecule has 1 aromatic heterocycles. The first-order valence-corrected chi connectivity index (χ1v) is 11.0. The quantitative estimate of drug-likeness (QED) is 0.683. The number of rotatable bonds is 1. The fourth-order valence-corrected chi connectivity index (χ4v) is 8.08. The summed E-state index contributed by atoms with van der Waals surface area (Å²) in [4.78, 5) is 3.04. The fourth-order valence-electron chi connectivity index (χ4n) is 8.08. The molecule has 2 aliphatic carbocycles. The summed E-state index contributed by atoms with van der Waals surface area (Å²) in [5.41, 5.74) is 3.97. The van der Waals surface area contributed by atoms with E-state index >= 15 is 0 Å². The highest BCUT2D eigenvalue weighted by molar-refractivity contribution is 5.81. The molecule has 1 spiro atoms. The van der Waals surface area contributed by atoms with E-state index in [4.69, 9.17) is 0 Å². The van der Waals surface area contributed by atoms with Crippen LogP contribution in [0.15, 0.2) is 30.3 Å². The van der Waals surface area contributed by atoms with Crippen LogP contribution in [0, 0.1) is 11.8 Å². The first-order valence-electron chi connectivity index (χ1n) is 11.0. The Morgan fingerprint density at radius 2 is 1.85 bits per heavy atom. The number of hydrogen-bond acceptors (Lipinski definition) is 1. The summed E-state index contributed by atoms with van der Waals surface area (Å²) in [5, 5.41) is 1.43. The predicted molar refractivity (Wildman–Crippen MR) is 107 cm³/mol. The normalized spacial score (nSPS) is 40.5. The van der Waals surface area contributed by atoms with Crippen molar-refractivity contribution in [1.29, 1.82) is 0 Å². The molecular formula is C24H32N2. The molecule has 4 heterocycles. The lowest BCUT2D eigenvalue weighted by Crippen LogP contribution is -2.75. The summed E-state index contributed by atoms with van der Waals surface area (Å²) in [7, 11) is 2.31. The van der Waals surface area contributed by atoms with Crippen LogP contribution in [0.3, 0.4) is 0 Å². The van der Waals surface area contributed by atoms with Crippen LogP contribution >= 0.6 is 0 Å². The van der Waals surface area contributed by atoms with Gasteiger partial charge in [0.25, 0.3) is 0 Å². The van der Waals surface area contributed by atoms with E-state index in [1.807, 2.05) is 0 Å². The van der Waals surface area contributed by atoms with Gasteiger partial charge in [-0.15, -0.1) is 0 Å². The second kappa shape index (κ2) is 5.16. The molecule has 0 N–H and O–H groups in total. The number of aromatic nitrogens is 1. The van der Waals surface area contributed by atoms with Gasteiger partial charge in [0.05, 0.1) is 0 Å². The second-order valence-corrected chi connectivity index (χ2v) is 10.0. The third kappa shape index (κ3) is 1.77. The molecule has 2 saturated carbocycles. The highest BCUT2D eigenvalue weighted by Crippen LogP contribution is 2.63. The monoisotopic (exact) mass is 348 g/mol. The van der Waals surface area contributed by atoms with Crippen molar-refractivity contribution in [1.82, 2.24) is 9.47 Å². The van der Waals surface area contributed by atoms with Gasteiger partial charge in [-0.2, -0.15) is 0 Å². The number of para-hydroxylation sites is 1. The van der Waals surface area contributed by atoms with Crippen molar-refractivity contribution in [3.8, 4) is 0 Å². The van der Waals surface area contributed by atoms with Gasteiger partial charge in [0.2, 0.25) is 0 Å². The van der Waals surface area contributed by atoms with E-state index in [2.05, 4.69) is 53.8 Å². The number of aryl methyl sites for hydroxylation is 1. The highest BCUT2D eigenvalue weighted by Gasteiger charge is 2.64. The van der Waals surface area contributed by atoms with Gasteiger partial charge in [0.1, 0.15) is 0 Å². The average Bonchev–Trinajstić information content (AvgIpc) is 3.01. The Kier molecular flexibility index (Phi) is 3.12. The van der Waals surface area contributed by atoms with Crippen molar-refractivity contribution in [3.05, 3.63) is 36.0 Å². The van der Waals surface area contributed by atoms with Crippen LogP contribution in [0.4, 0.5) is 0 Å². The molecule has 7 rings (SSSR count). The van der Waals surface area contributed by atoms with Gasteiger partial charge >= 0.3 is 0 Å². The summed E-state index contributed by atoms with van der Waals surface area (Å²) in [6.07, 6.45) is 11.7. The maximum atomic E-state index is 3.04. The number of fused-ring (bicyclic) bond motifs is 1. The summed E-state index contributed by atoms with van der Waals surface area (Å²) >= 11 is 0. The number of hydrogen-bond donors (Lipinski definition) is 0. The van der Waals surface area contributed by atoms with Crippen LogP contribution in [0.5, 0.6) is 0 Å². The van der Waals surface area contributed by atoms with Crippen LogP contribution in [-0.4, -0.2) is 27.6 Å². The Morgan fingerprint density at radius 3 is 2.65 bits per heavy atom. The standard InChI is InChI=1S/C24H32N2/c1-17-23(22-13-19-8-4-5-9-21(19)25(22)2)14-18-12-20(15-23)24(26(17)16-18)10-6-3-7-11-24/h4-5,8-9,13,17-18,20H,3,6-7,10-12,14-16H2,1-2H3/t17-,18?,20?,23?/m1/s1. The van der Waals surface area contributed by atoms with E-state index in [0.717, 1.165) is 11.8 Å². The van der Waals surface area contributed by atoms with Crippen molar-refractivity contribution in [2.45, 2.75) is 75.3 Å². The van der Waals surface area contributed by atoms with E-state index in [1.165, 1.54) is 68.8 Å². The molecule has 5 aliphatic rings. The van der Waals surface area contributed by atoms with Crippen LogP contribution in [0.25, 0.3) is 10.9 Å². The Morgan fingerprint density at radius 1 is 1.04 bits per heavy atom. The minimum Gasteiger partial charge on any atom is -0.347 e. The minimum absolute atomic E-state index is 0.377. The van der Waals surface area contributed by atoms with Gasteiger partial charge in [0.15, 0.2) is 0 Å². The third-order valence-electron chi connectivity index (χ3n) is 9.12. The smallest absolute Gasteiger partial charge is 0.0480 e. The first kappa shape index (κ1) is 15.7. The van der Waals surface area contributed by atoms with Gasteiger partial charge in [0, 0.05) is 41.8 Å². The maximum absolute atomic E-state index is 3.04. The molecule has 0 radical (unpaired) electrons. The fraction of sp³-hybridized carbons (Fsp3) is 0.667. The van der Waals surface area contributed by atoms with Crippen LogP contribution < -0.4 is 0 Å².